The van der Waals surface area contributed by atoms with Crippen LogP contribution in [-0.2, 0) is 13.1 Å². The number of carbonyl (C=O) groups is 1. The molecular formula is C15H17N5O2. The van der Waals surface area contributed by atoms with Crippen LogP contribution in [0.5, 0.6) is 0 Å². The summed E-state index contributed by atoms with van der Waals surface area (Å²) in [5.41, 5.74) is 3.91. The van der Waals surface area contributed by atoms with Gasteiger partial charge in [-0.15, -0.1) is 0 Å². The Bertz CT molecular complexity index is 820. The first-order valence-electron chi connectivity index (χ1n) is 6.92. The van der Waals surface area contributed by atoms with Gasteiger partial charge in [-0.05, 0) is 31.7 Å². The third-order valence-electron chi connectivity index (χ3n) is 3.48. The Morgan fingerprint density at radius 1 is 1.36 bits per heavy atom. The number of aryl methyl sites for hydroxylation is 1. The average molecular weight is 299 g/mol. The normalized spacial score (nSPS) is 11.4. The quantitative estimate of drug-likeness (QED) is 0.668. The number of imidazole rings is 1. The number of carboxylic acids is 1. The number of nitrogens with zero attached hydrogens (tertiary/aromatic N) is 3. The van der Waals surface area contributed by atoms with Crippen molar-refractivity contribution in [2.45, 2.75) is 20.0 Å². The number of benzene rings is 1. The van der Waals surface area contributed by atoms with Gasteiger partial charge in [0.15, 0.2) is 0 Å². The molecule has 0 saturated heterocycles. The van der Waals surface area contributed by atoms with Gasteiger partial charge in [0.2, 0.25) is 0 Å². The van der Waals surface area contributed by atoms with Gasteiger partial charge in [-0.25, -0.2) is 9.78 Å². The summed E-state index contributed by atoms with van der Waals surface area (Å²) in [4.78, 5) is 20.9. The van der Waals surface area contributed by atoms with E-state index >= 15 is 0 Å². The lowest BCUT2D eigenvalue weighted by Gasteiger charge is -2.14. The average Bonchev–Trinajstić information content (AvgIpc) is 3.04. The van der Waals surface area contributed by atoms with E-state index in [1.165, 1.54) is 5.56 Å². The second-order valence-corrected chi connectivity index (χ2v) is 5.45. The van der Waals surface area contributed by atoms with Gasteiger partial charge >= 0.3 is 5.97 Å². The highest BCUT2D eigenvalue weighted by Crippen LogP contribution is 2.15. The molecule has 0 radical (unpaired) electrons. The maximum atomic E-state index is 11.1. The predicted molar refractivity (Wildman–Crippen MR) is 81.5 cm³/mol. The van der Waals surface area contributed by atoms with Crippen molar-refractivity contribution in [3.8, 4) is 0 Å². The summed E-state index contributed by atoms with van der Waals surface area (Å²) >= 11 is 0. The second-order valence-electron chi connectivity index (χ2n) is 5.45. The highest BCUT2D eigenvalue weighted by atomic mass is 16.4. The Labute approximate surface area is 127 Å². The number of H-pyrrole nitrogens is 2. The molecule has 3 aromatic rings. The SMILES string of the molecule is Cc1ccc2nc(CN(C)Cc3cn[nH]c3C(=O)O)[nH]c2c1. The minimum absolute atomic E-state index is 0.132. The lowest BCUT2D eigenvalue weighted by atomic mass is 10.2. The number of aromatic carboxylic acids is 1. The van der Waals surface area contributed by atoms with Crippen LogP contribution in [-0.4, -0.2) is 43.2 Å². The van der Waals surface area contributed by atoms with E-state index < -0.39 is 5.97 Å². The molecule has 2 aromatic heterocycles. The van der Waals surface area contributed by atoms with Crippen LogP contribution in [0.3, 0.4) is 0 Å². The van der Waals surface area contributed by atoms with Crippen LogP contribution in [0.1, 0.15) is 27.4 Å². The van der Waals surface area contributed by atoms with Crippen LogP contribution in [0.2, 0.25) is 0 Å². The van der Waals surface area contributed by atoms with E-state index in [1.54, 1.807) is 6.20 Å². The standard InChI is InChI=1S/C15H17N5O2/c1-9-3-4-11-12(5-9)18-13(17-11)8-20(2)7-10-6-16-19-14(10)15(21)22/h3-6H,7-8H2,1-2H3,(H,16,19)(H,17,18)(H,21,22). The van der Waals surface area contributed by atoms with Crippen molar-refractivity contribution in [2.24, 2.45) is 0 Å². The van der Waals surface area contributed by atoms with Crippen LogP contribution >= 0.6 is 0 Å². The van der Waals surface area contributed by atoms with E-state index in [2.05, 4.69) is 26.2 Å². The molecule has 1 aromatic carbocycles. The van der Waals surface area contributed by atoms with Crippen molar-refractivity contribution in [2.75, 3.05) is 7.05 Å². The Morgan fingerprint density at radius 2 is 2.18 bits per heavy atom. The van der Waals surface area contributed by atoms with Crippen molar-refractivity contribution >= 4 is 17.0 Å². The van der Waals surface area contributed by atoms with E-state index in [9.17, 15) is 4.79 Å². The maximum Gasteiger partial charge on any atom is 0.354 e. The highest BCUT2D eigenvalue weighted by Gasteiger charge is 2.14. The zero-order valence-electron chi connectivity index (χ0n) is 12.4. The monoisotopic (exact) mass is 299 g/mol. The lowest BCUT2D eigenvalue weighted by Crippen LogP contribution is -2.19. The minimum Gasteiger partial charge on any atom is -0.477 e. The third kappa shape index (κ3) is 2.84. The summed E-state index contributed by atoms with van der Waals surface area (Å²) in [6.07, 6.45) is 1.54. The summed E-state index contributed by atoms with van der Waals surface area (Å²) in [6, 6.07) is 6.08. The summed E-state index contributed by atoms with van der Waals surface area (Å²) < 4.78 is 0. The molecule has 0 bridgehead atoms. The fraction of sp³-hybridized carbons (Fsp3) is 0.267. The number of rotatable bonds is 5. The molecule has 0 aliphatic rings. The molecule has 0 saturated carbocycles. The van der Waals surface area contributed by atoms with Gasteiger partial charge in [-0.2, -0.15) is 5.10 Å². The first kappa shape index (κ1) is 14.3. The molecule has 114 valence electrons. The summed E-state index contributed by atoms with van der Waals surface area (Å²) in [7, 11) is 1.91. The fourth-order valence-electron chi connectivity index (χ4n) is 2.47. The van der Waals surface area contributed by atoms with Gasteiger partial charge in [0.05, 0.1) is 23.8 Å². The Morgan fingerprint density at radius 3 is 2.95 bits per heavy atom. The molecule has 0 aliphatic carbocycles. The van der Waals surface area contributed by atoms with Gasteiger partial charge in [0.1, 0.15) is 11.5 Å². The van der Waals surface area contributed by atoms with Crippen LogP contribution in [0.4, 0.5) is 0 Å². The van der Waals surface area contributed by atoms with Crippen LogP contribution < -0.4 is 0 Å². The molecule has 0 amide bonds. The first-order chi connectivity index (χ1) is 10.5. The first-order valence-corrected chi connectivity index (χ1v) is 6.92. The predicted octanol–water partition coefficient (Wildman–Crippen LogP) is 1.92. The Balaban J connectivity index is 1.73. The van der Waals surface area contributed by atoms with Crippen LogP contribution in [0, 0.1) is 6.92 Å². The van der Waals surface area contributed by atoms with E-state index in [4.69, 9.17) is 5.11 Å². The molecule has 0 aliphatic heterocycles. The van der Waals surface area contributed by atoms with Crippen molar-refractivity contribution in [3.05, 3.63) is 47.0 Å². The number of carboxylic acid groups (broad SMARTS) is 1. The van der Waals surface area contributed by atoms with Crippen LogP contribution in [0.25, 0.3) is 11.0 Å². The van der Waals surface area contributed by atoms with Gasteiger partial charge in [0.25, 0.3) is 0 Å². The van der Waals surface area contributed by atoms with Gasteiger partial charge in [-0.1, -0.05) is 6.07 Å². The molecule has 22 heavy (non-hydrogen) atoms. The van der Waals surface area contributed by atoms with Crippen molar-refractivity contribution < 1.29 is 9.90 Å². The van der Waals surface area contributed by atoms with E-state index in [0.717, 1.165) is 16.9 Å². The fourth-order valence-corrected chi connectivity index (χ4v) is 2.47. The van der Waals surface area contributed by atoms with Crippen molar-refractivity contribution in [1.82, 2.24) is 25.1 Å². The van der Waals surface area contributed by atoms with Crippen LogP contribution in [0.15, 0.2) is 24.4 Å². The number of nitrogens with one attached hydrogen (secondary N) is 2. The molecule has 7 nitrogen and oxygen atoms in total. The third-order valence-corrected chi connectivity index (χ3v) is 3.48. The lowest BCUT2D eigenvalue weighted by molar-refractivity contribution is 0.0688. The summed E-state index contributed by atoms with van der Waals surface area (Å²) in [5.74, 6) is -0.149. The second kappa shape index (κ2) is 5.61. The molecule has 0 unspecified atom stereocenters. The summed E-state index contributed by atoms with van der Waals surface area (Å²) in [6.45, 7) is 3.12. The molecule has 7 heteroatoms. The number of aromatic amines is 2. The van der Waals surface area contributed by atoms with Crippen molar-refractivity contribution in [3.63, 3.8) is 0 Å². The summed E-state index contributed by atoms with van der Waals surface area (Å²) in [5, 5.41) is 15.4. The molecule has 2 heterocycles. The van der Waals surface area contributed by atoms with Gasteiger partial charge in [-0.3, -0.25) is 10.00 Å². The number of fused-ring (bicyclic) bond motifs is 1. The Hall–Kier alpha value is -2.67. The molecule has 0 fully saturated rings. The smallest absolute Gasteiger partial charge is 0.354 e. The largest absolute Gasteiger partial charge is 0.477 e. The topological polar surface area (TPSA) is 97.9 Å². The Kier molecular flexibility index (Phi) is 3.64. The molecule has 0 spiro atoms. The van der Waals surface area contributed by atoms with E-state index in [0.29, 0.717) is 18.7 Å². The van der Waals surface area contributed by atoms with Crippen molar-refractivity contribution in [1.29, 1.82) is 0 Å². The highest BCUT2D eigenvalue weighted by molar-refractivity contribution is 5.86. The van der Waals surface area contributed by atoms with E-state index in [-0.39, 0.29) is 5.69 Å². The van der Waals surface area contributed by atoms with Gasteiger partial charge in [0, 0.05) is 12.1 Å². The molecule has 3 N–H and O–H groups in total. The number of hydrogen-bond donors (Lipinski definition) is 3. The van der Waals surface area contributed by atoms with Gasteiger partial charge < -0.3 is 10.1 Å². The van der Waals surface area contributed by atoms with E-state index in [1.807, 2.05) is 31.0 Å². The number of aromatic nitrogens is 4. The minimum atomic E-state index is -1.000. The molecule has 3 rings (SSSR count). The zero-order chi connectivity index (χ0) is 15.7. The number of hydrogen-bond acceptors (Lipinski definition) is 4. The zero-order valence-corrected chi connectivity index (χ0v) is 12.4. The molecule has 0 atom stereocenters. The maximum absolute atomic E-state index is 11.1. The molecular weight excluding hydrogens is 282 g/mol.